The molecule has 0 aliphatic heterocycles. The number of hydrogen-bond donors (Lipinski definition) is 0. The van der Waals surface area contributed by atoms with Crippen LogP contribution >= 0.6 is 15.9 Å². The average molecular weight is 480 g/mol. The average Bonchev–Trinajstić information content (AvgIpc) is 3.02. The molecule has 3 rings (SSSR count). The first-order chi connectivity index (χ1) is 13.8. The number of alkyl halides is 1. The SMILES string of the molecule is CC(=O)OC(OC(C)=O)c1c(CBr)n(S(=O)(=O)c2ccccc2)c2ccccc12. The van der Waals surface area contributed by atoms with E-state index < -0.39 is 28.3 Å². The molecule has 2 aromatic carbocycles. The van der Waals surface area contributed by atoms with Gasteiger partial charge in [-0.25, -0.2) is 12.4 Å². The van der Waals surface area contributed by atoms with E-state index >= 15 is 0 Å². The van der Waals surface area contributed by atoms with E-state index in [4.69, 9.17) is 9.47 Å². The number of para-hydroxylation sites is 1. The first-order valence-corrected chi connectivity index (χ1v) is 11.2. The lowest BCUT2D eigenvalue weighted by atomic mass is 10.1. The summed E-state index contributed by atoms with van der Waals surface area (Å²) in [5.41, 5.74) is 0.968. The van der Waals surface area contributed by atoms with Gasteiger partial charge in [-0.15, -0.1) is 0 Å². The molecular weight excluding hydrogens is 462 g/mol. The molecule has 0 radical (unpaired) electrons. The number of carbonyl (C=O) groups excluding carboxylic acids is 2. The van der Waals surface area contributed by atoms with Crippen LogP contribution in [0.1, 0.15) is 31.4 Å². The van der Waals surface area contributed by atoms with Crippen LogP contribution in [0.4, 0.5) is 0 Å². The van der Waals surface area contributed by atoms with Crippen LogP contribution in [0.2, 0.25) is 0 Å². The van der Waals surface area contributed by atoms with Crippen LogP contribution in [-0.4, -0.2) is 24.3 Å². The monoisotopic (exact) mass is 479 g/mol. The van der Waals surface area contributed by atoms with E-state index in [2.05, 4.69) is 15.9 Å². The summed E-state index contributed by atoms with van der Waals surface area (Å²) in [4.78, 5) is 23.3. The molecule has 3 aromatic rings. The number of rotatable bonds is 6. The van der Waals surface area contributed by atoms with Gasteiger partial charge in [0, 0.05) is 24.6 Å². The van der Waals surface area contributed by atoms with Gasteiger partial charge in [-0.05, 0) is 18.2 Å². The number of ether oxygens (including phenoxy) is 2. The Morgan fingerprint density at radius 2 is 1.52 bits per heavy atom. The number of benzene rings is 2. The third kappa shape index (κ3) is 4.06. The van der Waals surface area contributed by atoms with Crippen LogP contribution in [0, 0.1) is 0 Å². The van der Waals surface area contributed by atoms with Crippen LogP contribution in [0.3, 0.4) is 0 Å². The summed E-state index contributed by atoms with van der Waals surface area (Å²) in [6.07, 6.45) is -1.38. The predicted octanol–water partition coefficient (Wildman–Crippen LogP) is 3.90. The highest BCUT2D eigenvalue weighted by atomic mass is 79.9. The standard InChI is InChI=1S/C20H18BrNO6S/c1-13(23)27-20(28-14(2)24)19-16-10-6-7-11-17(16)22(18(19)12-21)29(25,26)15-8-4-3-5-9-15/h3-11,20H,12H2,1-2H3. The molecule has 0 atom stereocenters. The summed E-state index contributed by atoms with van der Waals surface area (Å²) in [7, 11) is -3.97. The summed E-state index contributed by atoms with van der Waals surface area (Å²) >= 11 is 3.34. The molecule has 7 nitrogen and oxygen atoms in total. The van der Waals surface area contributed by atoms with E-state index in [1.54, 1.807) is 42.5 Å². The van der Waals surface area contributed by atoms with Crippen molar-refractivity contribution in [1.82, 2.24) is 3.97 Å². The number of esters is 2. The number of nitrogens with zero attached hydrogens (tertiary/aromatic N) is 1. The minimum Gasteiger partial charge on any atom is -0.421 e. The summed E-state index contributed by atoms with van der Waals surface area (Å²) in [6, 6.07) is 14.7. The molecule has 0 spiro atoms. The van der Waals surface area contributed by atoms with E-state index in [0.717, 1.165) is 0 Å². The molecule has 0 N–H and O–H groups in total. The predicted molar refractivity (Wildman–Crippen MR) is 110 cm³/mol. The number of fused-ring (bicyclic) bond motifs is 1. The lowest BCUT2D eigenvalue weighted by Gasteiger charge is -2.18. The van der Waals surface area contributed by atoms with Crippen LogP contribution in [-0.2, 0) is 34.4 Å². The molecule has 0 unspecified atom stereocenters. The third-order valence-corrected chi connectivity index (χ3v) is 6.46. The maximum absolute atomic E-state index is 13.4. The maximum Gasteiger partial charge on any atom is 0.305 e. The smallest absolute Gasteiger partial charge is 0.305 e. The van der Waals surface area contributed by atoms with E-state index in [0.29, 0.717) is 22.2 Å². The van der Waals surface area contributed by atoms with Crippen molar-refractivity contribution in [3.05, 3.63) is 65.9 Å². The molecule has 1 heterocycles. The second-order valence-electron chi connectivity index (χ2n) is 6.14. The van der Waals surface area contributed by atoms with Gasteiger partial charge in [-0.1, -0.05) is 52.3 Å². The van der Waals surface area contributed by atoms with Gasteiger partial charge < -0.3 is 9.47 Å². The van der Waals surface area contributed by atoms with Crippen molar-refractivity contribution in [3.63, 3.8) is 0 Å². The fourth-order valence-corrected chi connectivity index (χ4v) is 5.40. The quantitative estimate of drug-likeness (QED) is 0.302. The summed E-state index contributed by atoms with van der Waals surface area (Å²) in [5, 5.41) is 0.608. The van der Waals surface area contributed by atoms with Crippen molar-refractivity contribution in [1.29, 1.82) is 0 Å². The zero-order valence-electron chi connectivity index (χ0n) is 15.7. The summed E-state index contributed by atoms with van der Waals surface area (Å²) < 4.78 is 38.5. The van der Waals surface area contributed by atoms with E-state index in [-0.39, 0.29) is 10.2 Å². The molecule has 0 amide bonds. The second kappa shape index (κ2) is 8.38. The van der Waals surface area contributed by atoms with E-state index in [9.17, 15) is 18.0 Å². The minimum absolute atomic E-state index is 0.103. The first kappa shape index (κ1) is 21.1. The largest absolute Gasteiger partial charge is 0.421 e. The second-order valence-corrected chi connectivity index (χ2v) is 8.49. The molecule has 0 fully saturated rings. The molecule has 1 aromatic heterocycles. The lowest BCUT2D eigenvalue weighted by molar-refractivity contribution is -0.186. The molecule has 29 heavy (non-hydrogen) atoms. The normalized spacial score (nSPS) is 11.6. The van der Waals surface area contributed by atoms with Crippen molar-refractivity contribution < 1.29 is 27.5 Å². The van der Waals surface area contributed by atoms with Crippen LogP contribution in [0.25, 0.3) is 10.9 Å². The Hall–Kier alpha value is -2.65. The highest BCUT2D eigenvalue weighted by Gasteiger charge is 2.32. The Morgan fingerprint density at radius 3 is 2.07 bits per heavy atom. The first-order valence-electron chi connectivity index (χ1n) is 8.60. The lowest BCUT2D eigenvalue weighted by Crippen LogP contribution is -2.19. The van der Waals surface area contributed by atoms with E-state index in [1.807, 2.05) is 0 Å². The van der Waals surface area contributed by atoms with Crippen LogP contribution in [0.15, 0.2) is 59.5 Å². The number of halogens is 1. The van der Waals surface area contributed by atoms with Crippen LogP contribution in [0.5, 0.6) is 0 Å². The summed E-state index contributed by atoms with van der Waals surface area (Å²) in [5.74, 6) is -1.33. The fraction of sp³-hybridized carbons (Fsp3) is 0.200. The van der Waals surface area contributed by atoms with Crippen molar-refractivity contribution in [2.75, 3.05) is 0 Å². The molecule has 152 valence electrons. The molecule has 0 bridgehead atoms. The molecule has 0 saturated carbocycles. The Balaban J connectivity index is 2.36. The van der Waals surface area contributed by atoms with Gasteiger partial charge in [0.25, 0.3) is 16.3 Å². The Bertz CT molecular complexity index is 1150. The van der Waals surface area contributed by atoms with Gasteiger partial charge in [0.15, 0.2) is 0 Å². The number of aromatic nitrogens is 1. The Morgan fingerprint density at radius 1 is 0.966 bits per heavy atom. The molecular formula is C20H18BrNO6S. The van der Waals surface area contributed by atoms with Crippen LogP contribution < -0.4 is 0 Å². The number of carbonyl (C=O) groups is 2. The minimum atomic E-state index is -3.97. The van der Waals surface area contributed by atoms with Gasteiger partial charge in [-0.3, -0.25) is 9.59 Å². The van der Waals surface area contributed by atoms with Gasteiger partial charge in [0.1, 0.15) is 0 Å². The van der Waals surface area contributed by atoms with Crippen molar-refractivity contribution in [3.8, 4) is 0 Å². The van der Waals surface area contributed by atoms with Crippen molar-refractivity contribution >= 4 is 48.8 Å². The van der Waals surface area contributed by atoms with Gasteiger partial charge >= 0.3 is 11.9 Å². The topological polar surface area (TPSA) is 91.7 Å². The fourth-order valence-electron chi connectivity index (χ4n) is 3.09. The zero-order chi connectivity index (χ0) is 21.2. The highest BCUT2D eigenvalue weighted by molar-refractivity contribution is 9.08. The highest BCUT2D eigenvalue weighted by Crippen LogP contribution is 2.37. The summed E-state index contributed by atoms with van der Waals surface area (Å²) in [6.45, 7) is 2.37. The molecule has 0 saturated heterocycles. The maximum atomic E-state index is 13.4. The molecule has 9 heteroatoms. The van der Waals surface area contributed by atoms with Gasteiger partial charge in [-0.2, -0.15) is 0 Å². The molecule has 0 aliphatic rings. The van der Waals surface area contributed by atoms with Gasteiger partial charge in [0.2, 0.25) is 0 Å². The zero-order valence-corrected chi connectivity index (χ0v) is 18.1. The van der Waals surface area contributed by atoms with Crippen molar-refractivity contribution in [2.24, 2.45) is 0 Å². The Labute approximate surface area is 176 Å². The third-order valence-electron chi connectivity index (χ3n) is 4.16. The number of hydrogen-bond acceptors (Lipinski definition) is 6. The Kier molecular flexibility index (Phi) is 6.09. The van der Waals surface area contributed by atoms with E-state index in [1.165, 1.54) is 30.0 Å². The van der Waals surface area contributed by atoms with Gasteiger partial charge in [0.05, 0.1) is 21.7 Å². The van der Waals surface area contributed by atoms with Crippen molar-refractivity contribution in [2.45, 2.75) is 30.4 Å². The molecule has 0 aliphatic carbocycles.